The molecule has 1 fully saturated rings. The molecule has 2 aromatic rings. The Morgan fingerprint density at radius 1 is 0.943 bits per heavy atom. The lowest BCUT2D eigenvalue weighted by molar-refractivity contribution is -0.138. The number of hydrogen-bond donors (Lipinski definition) is 0. The lowest BCUT2D eigenvalue weighted by atomic mass is 9.73. The van der Waals surface area contributed by atoms with Crippen molar-refractivity contribution in [1.82, 2.24) is 9.80 Å². The van der Waals surface area contributed by atoms with Gasteiger partial charge in [0.05, 0.1) is 6.61 Å². The van der Waals surface area contributed by atoms with Crippen molar-refractivity contribution in [3.8, 4) is 11.5 Å². The second kappa shape index (κ2) is 12.1. The third-order valence-corrected chi connectivity index (χ3v) is 7.45. The Hall–Kier alpha value is -3.02. The van der Waals surface area contributed by atoms with E-state index in [1.807, 2.05) is 59.3 Å². The molecule has 0 aromatic heterocycles. The zero-order valence-electron chi connectivity index (χ0n) is 20.9. The van der Waals surface area contributed by atoms with Crippen LogP contribution in [0.4, 0.5) is 0 Å². The van der Waals surface area contributed by atoms with Gasteiger partial charge in [0.15, 0.2) is 6.61 Å². The number of ether oxygens (including phenoxy) is 2. The van der Waals surface area contributed by atoms with Crippen molar-refractivity contribution in [2.75, 3.05) is 39.9 Å². The normalized spacial score (nSPS) is 19.4. The van der Waals surface area contributed by atoms with Crippen molar-refractivity contribution in [3.05, 3.63) is 60.2 Å². The van der Waals surface area contributed by atoms with E-state index in [9.17, 15) is 9.59 Å². The smallest absolute Gasteiger partial charge is 0.260 e. The number of carbonyl (C=O) groups is 2. The largest absolute Gasteiger partial charge is 0.493 e. The molecule has 6 heteroatoms. The highest BCUT2D eigenvalue weighted by Gasteiger charge is 2.37. The summed E-state index contributed by atoms with van der Waals surface area (Å²) < 4.78 is 11.7. The van der Waals surface area contributed by atoms with Crippen LogP contribution in [0.2, 0.25) is 0 Å². The molecule has 0 unspecified atom stereocenters. The zero-order valence-corrected chi connectivity index (χ0v) is 20.9. The zero-order chi connectivity index (χ0) is 24.5. The second-order valence-electron chi connectivity index (χ2n) is 10.00. The van der Waals surface area contributed by atoms with Crippen LogP contribution < -0.4 is 9.47 Å². The van der Waals surface area contributed by atoms with Gasteiger partial charge in [-0.05, 0) is 67.7 Å². The molecule has 35 heavy (non-hydrogen) atoms. The SMILES string of the molecule is CN1CC2(CCCCc3ccccc3OCCCC1=O)CCN(C(=O)COc1ccccc1)CC2. The van der Waals surface area contributed by atoms with Crippen LogP contribution in [-0.2, 0) is 16.0 Å². The number of piperidine rings is 1. The highest BCUT2D eigenvalue weighted by atomic mass is 16.5. The Morgan fingerprint density at radius 3 is 2.49 bits per heavy atom. The molecule has 0 saturated carbocycles. The summed E-state index contributed by atoms with van der Waals surface area (Å²) in [7, 11) is 1.93. The van der Waals surface area contributed by atoms with Crippen molar-refractivity contribution >= 4 is 11.8 Å². The monoisotopic (exact) mass is 478 g/mol. The number of amides is 2. The topological polar surface area (TPSA) is 59.1 Å². The molecule has 2 amide bonds. The van der Waals surface area contributed by atoms with Gasteiger partial charge in [-0.2, -0.15) is 0 Å². The maximum absolute atomic E-state index is 12.8. The van der Waals surface area contributed by atoms with E-state index in [-0.39, 0.29) is 23.8 Å². The summed E-state index contributed by atoms with van der Waals surface area (Å²) in [5.74, 6) is 1.87. The van der Waals surface area contributed by atoms with E-state index in [4.69, 9.17) is 9.47 Å². The Morgan fingerprint density at radius 2 is 1.69 bits per heavy atom. The summed E-state index contributed by atoms with van der Waals surface area (Å²) in [5, 5.41) is 0. The first-order valence-electron chi connectivity index (χ1n) is 12.9. The molecule has 2 aliphatic heterocycles. The Balaban J connectivity index is 1.37. The minimum Gasteiger partial charge on any atom is -0.493 e. The highest BCUT2D eigenvalue weighted by molar-refractivity contribution is 5.78. The molecule has 2 aromatic carbocycles. The summed E-state index contributed by atoms with van der Waals surface area (Å²) in [6, 6.07) is 17.7. The number of likely N-dealkylation sites (tertiary alicyclic amines) is 1. The van der Waals surface area contributed by atoms with E-state index in [1.165, 1.54) is 5.56 Å². The molecule has 0 atom stereocenters. The third kappa shape index (κ3) is 7.00. The first kappa shape index (κ1) is 25.1. The van der Waals surface area contributed by atoms with Crippen LogP contribution in [0.25, 0.3) is 0 Å². The van der Waals surface area contributed by atoms with Gasteiger partial charge in [-0.1, -0.05) is 42.8 Å². The van der Waals surface area contributed by atoms with Crippen LogP contribution in [-0.4, -0.2) is 61.5 Å². The number of para-hydroxylation sites is 2. The van der Waals surface area contributed by atoms with Crippen molar-refractivity contribution in [3.63, 3.8) is 0 Å². The maximum Gasteiger partial charge on any atom is 0.260 e. The van der Waals surface area contributed by atoms with Crippen molar-refractivity contribution in [2.24, 2.45) is 5.41 Å². The molecule has 0 radical (unpaired) electrons. The van der Waals surface area contributed by atoms with E-state index in [2.05, 4.69) is 12.1 Å². The van der Waals surface area contributed by atoms with Crippen LogP contribution >= 0.6 is 0 Å². The van der Waals surface area contributed by atoms with Gasteiger partial charge in [-0.15, -0.1) is 0 Å². The molecule has 0 bridgehead atoms. The number of carbonyl (C=O) groups excluding carboxylic acids is 2. The van der Waals surface area contributed by atoms with Crippen LogP contribution in [0.1, 0.15) is 50.5 Å². The average molecular weight is 479 g/mol. The standard InChI is InChI=1S/C29H38N2O4/c1-30-23-29(17-19-31(20-18-29)28(33)22-35-25-12-3-2-4-13-25)16-8-7-11-24-10-5-6-14-26(24)34-21-9-15-27(30)32/h2-6,10,12-14H,7-9,11,15-23H2,1H3. The summed E-state index contributed by atoms with van der Waals surface area (Å²) in [6.07, 6.45) is 7.31. The number of benzene rings is 2. The fraction of sp³-hybridized carbons (Fsp3) is 0.517. The fourth-order valence-corrected chi connectivity index (χ4v) is 5.33. The quantitative estimate of drug-likeness (QED) is 0.641. The number of nitrogens with zero attached hydrogens (tertiary/aromatic N) is 2. The number of aryl methyl sites for hydroxylation is 1. The van der Waals surface area contributed by atoms with E-state index in [0.29, 0.717) is 25.2 Å². The Labute approximate surface area is 209 Å². The molecular formula is C29H38N2O4. The van der Waals surface area contributed by atoms with Gasteiger partial charge < -0.3 is 19.3 Å². The lowest BCUT2D eigenvalue weighted by Gasteiger charge is -2.44. The van der Waals surface area contributed by atoms with Crippen LogP contribution in [0.5, 0.6) is 11.5 Å². The Kier molecular flexibility index (Phi) is 8.67. The number of fused-ring (bicyclic) bond motifs is 1. The van der Waals surface area contributed by atoms with Crippen LogP contribution in [0.3, 0.4) is 0 Å². The highest BCUT2D eigenvalue weighted by Crippen LogP contribution is 2.38. The van der Waals surface area contributed by atoms with Crippen molar-refractivity contribution in [1.29, 1.82) is 0 Å². The van der Waals surface area contributed by atoms with Crippen LogP contribution in [0, 0.1) is 5.41 Å². The minimum atomic E-state index is 0.0330. The van der Waals surface area contributed by atoms with Gasteiger partial charge in [-0.25, -0.2) is 0 Å². The summed E-state index contributed by atoms with van der Waals surface area (Å²) in [4.78, 5) is 29.5. The van der Waals surface area contributed by atoms with E-state index >= 15 is 0 Å². The molecule has 6 nitrogen and oxygen atoms in total. The molecule has 0 aliphatic carbocycles. The molecule has 2 heterocycles. The first-order chi connectivity index (χ1) is 17.0. The predicted octanol–water partition coefficient (Wildman–Crippen LogP) is 4.72. The fourth-order valence-electron chi connectivity index (χ4n) is 5.33. The summed E-state index contributed by atoms with van der Waals surface area (Å²) in [5.41, 5.74) is 1.31. The third-order valence-electron chi connectivity index (χ3n) is 7.45. The molecule has 2 aliphatic rings. The van der Waals surface area contributed by atoms with E-state index in [1.54, 1.807) is 0 Å². The molecule has 1 saturated heterocycles. The average Bonchev–Trinajstić information content (AvgIpc) is 2.89. The lowest BCUT2D eigenvalue weighted by Crippen LogP contribution is -2.49. The minimum absolute atomic E-state index is 0.0330. The molecule has 188 valence electrons. The van der Waals surface area contributed by atoms with E-state index < -0.39 is 0 Å². The molecule has 0 N–H and O–H groups in total. The molecule has 1 spiro atoms. The van der Waals surface area contributed by atoms with Gasteiger partial charge in [0.25, 0.3) is 5.91 Å². The summed E-state index contributed by atoms with van der Waals surface area (Å²) in [6.45, 7) is 2.82. The number of hydrogen-bond acceptors (Lipinski definition) is 4. The van der Waals surface area contributed by atoms with Gasteiger partial charge >= 0.3 is 0 Å². The van der Waals surface area contributed by atoms with Crippen molar-refractivity contribution < 1.29 is 19.1 Å². The summed E-state index contributed by atoms with van der Waals surface area (Å²) >= 11 is 0. The Bertz CT molecular complexity index is 970. The van der Waals surface area contributed by atoms with E-state index in [0.717, 1.165) is 63.9 Å². The maximum atomic E-state index is 12.8. The van der Waals surface area contributed by atoms with Crippen molar-refractivity contribution in [2.45, 2.75) is 51.4 Å². The van der Waals surface area contributed by atoms with Gasteiger partial charge in [-0.3, -0.25) is 9.59 Å². The first-order valence-corrected chi connectivity index (χ1v) is 12.9. The second-order valence-corrected chi connectivity index (χ2v) is 10.00. The predicted molar refractivity (Wildman–Crippen MR) is 137 cm³/mol. The van der Waals surface area contributed by atoms with Gasteiger partial charge in [0.1, 0.15) is 11.5 Å². The molecule has 4 rings (SSSR count). The van der Waals surface area contributed by atoms with Gasteiger partial charge in [0, 0.05) is 33.1 Å². The number of rotatable bonds is 3. The van der Waals surface area contributed by atoms with Crippen LogP contribution in [0.15, 0.2) is 54.6 Å². The molecular weight excluding hydrogens is 440 g/mol. The van der Waals surface area contributed by atoms with Gasteiger partial charge in [0.2, 0.25) is 5.91 Å².